The fourth-order valence-electron chi connectivity index (χ4n) is 11.7. The number of rotatable bonds is 4. The number of aliphatic hydroxyl groups excluding tert-OH is 1. The Balaban J connectivity index is 1.15. The van der Waals surface area contributed by atoms with Gasteiger partial charge in [0.1, 0.15) is 24.9 Å². The number of carbonyl (C=O) groups is 2. The van der Waals surface area contributed by atoms with Crippen LogP contribution in [0, 0.1) is 63.0 Å². The highest BCUT2D eigenvalue weighted by molar-refractivity contribution is 5.89. The number of nitrogens with zero attached hydrogens (tertiary/aromatic N) is 1. The molecule has 5 aliphatic carbocycles. The maximum atomic E-state index is 13.0. The van der Waals surface area contributed by atoms with Gasteiger partial charge in [-0.05, 0) is 97.5 Å². The number of aliphatic hydroxyl groups is 1. The molecule has 1 aliphatic heterocycles. The molecule has 7 rings (SSSR count). The molecule has 0 bridgehead atoms. The maximum Gasteiger partial charge on any atom is 0.339 e. The lowest BCUT2D eigenvalue weighted by Crippen LogP contribution is -2.59. The van der Waals surface area contributed by atoms with Crippen LogP contribution in [0.25, 0.3) is 0 Å². The van der Waals surface area contributed by atoms with Crippen LogP contribution in [0.5, 0.6) is 0 Å². The summed E-state index contributed by atoms with van der Waals surface area (Å²) in [5.74, 6) is 1.93. The van der Waals surface area contributed by atoms with E-state index in [2.05, 4.69) is 39.6 Å². The highest BCUT2D eigenvalue weighted by Crippen LogP contribution is 2.90. The standard InChI is InChI=1S/C35H46NO6/c1-20-16-23(18-40-21(2)37)41-28-27(20)32(5)13-14-35-19-34(35)12-11-26(42-30(39)22-8-7-15-36-17-22)31(3,4)24(34)9-10-25(35)33(32,6)29(28)38/h7-8,15,17,20,24,26-27,29,38H,9-14,16,18-19H2,1-6H3/t20-,24+,26?,27+,29+,32-,33-,34-,35+/m1/s1. The van der Waals surface area contributed by atoms with Gasteiger partial charge in [-0.3, -0.25) is 9.78 Å². The first-order valence-corrected chi connectivity index (χ1v) is 16.0. The molecule has 0 amide bonds. The molecule has 2 spiro atoms. The number of hydrogen-bond donors (Lipinski definition) is 1. The average molecular weight is 577 g/mol. The summed E-state index contributed by atoms with van der Waals surface area (Å²) < 4.78 is 18.0. The summed E-state index contributed by atoms with van der Waals surface area (Å²) in [5.41, 5.74) is 0.275. The minimum Gasteiger partial charge on any atom is -0.463 e. The molecule has 6 fully saturated rings. The van der Waals surface area contributed by atoms with E-state index in [0.717, 1.165) is 57.2 Å². The SMILES string of the molecule is CC(=O)OC[C]1C[C@@H](C)[C@H]2[C](O1)[C@H](O)[C@@]1(C)[C]3CC[C@H]4C(C)(C)C(OC(=O)c5cccnc5)CC[C@@]45C[C@@]35CC[C@]21C. The van der Waals surface area contributed by atoms with Gasteiger partial charge in [0.25, 0.3) is 0 Å². The highest BCUT2D eigenvalue weighted by Gasteiger charge is 2.85. The van der Waals surface area contributed by atoms with Crippen molar-refractivity contribution in [2.75, 3.05) is 6.61 Å². The zero-order valence-corrected chi connectivity index (χ0v) is 26.0. The molecule has 7 heteroatoms. The lowest BCUT2D eigenvalue weighted by atomic mass is 9.41. The van der Waals surface area contributed by atoms with Crippen molar-refractivity contribution in [3.05, 3.63) is 48.2 Å². The molecule has 7 nitrogen and oxygen atoms in total. The molecular weight excluding hydrogens is 530 g/mol. The van der Waals surface area contributed by atoms with Gasteiger partial charge >= 0.3 is 11.9 Å². The first kappa shape index (κ1) is 28.8. The number of esters is 2. The third-order valence-electron chi connectivity index (χ3n) is 13.6. The Hall–Kier alpha value is -1.99. The van der Waals surface area contributed by atoms with Gasteiger partial charge in [0.15, 0.2) is 0 Å². The van der Waals surface area contributed by atoms with E-state index in [-0.39, 0.29) is 57.6 Å². The normalized spacial score (nSPS) is 45.9. The number of hydrogen-bond acceptors (Lipinski definition) is 7. The molecule has 1 N–H and O–H groups in total. The summed E-state index contributed by atoms with van der Waals surface area (Å²) >= 11 is 0. The smallest absolute Gasteiger partial charge is 0.339 e. The van der Waals surface area contributed by atoms with Gasteiger partial charge in [-0.25, -0.2) is 4.79 Å². The molecule has 1 saturated heterocycles. The van der Waals surface area contributed by atoms with E-state index in [1.807, 2.05) is 0 Å². The Labute approximate surface area is 250 Å². The van der Waals surface area contributed by atoms with Crippen molar-refractivity contribution >= 4 is 11.9 Å². The molecule has 6 aliphatic rings. The predicted molar refractivity (Wildman–Crippen MR) is 155 cm³/mol. The monoisotopic (exact) mass is 576 g/mol. The van der Waals surface area contributed by atoms with Gasteiger partial charge in [0, 0.05) is 36.1 Å². The van der Waals surface area contributed by atoms with E-state index in [1.54, 1.807) is 30.4 Å². The van der Waals surface area contributed by atoms with Crippen molar-refractivity contribution < 1.29 is 28.9 Å². The zero-order valence-electron chi connectivity index (χ0n) is 26.0. The van der Waals surface area contributed by atoms with Crippen LogP contribution in [0.1, 0.15) is 103 Å². The zero-order chi connectivity index (χ0) is 29.9. The van der Waals surface area contributed by atoms with Crippen molar-refractivity contribution in [3.8, 4) is 0 Å². The lowest BCUT2D eigenvalue weighted by Gasteiger charge is -2.63. The minimum atomic E-state index is -0.672. The van der Waals surface area contributed by atoms with Gasteiger partial charge in [-0.1, -0.05) is 34.6 Å². The van der Waals surface area contributed by atoms with E-state index in [1.165, 1.54) is 13.3 Å². The van der Waals surface area contributed by atoms with Crippen molar-refractivity contribution in [3.63, 3.8) is 0 Å². The van der Waals surface area contributed by atoms with Gasteiger partial charge in [-0.2, -0.15) is 0 Å². The largest absolute Gasteiger partial charge is 0.463 e. The van der Waals surface area contributed by atoms with Gasteiger partial charge in [0.05, 0.1) is 11.7 Å². The molecule has 0 aromatic carbocycles. The molecule has 2 heterocycles. The van der Waals surface area contributed by atoms with E-state index in [0.29, 0.717) is 17.4 Å². The predicted octanol–water partition coefficient (Wildman–Crippen LogP) is 6.27. The molecule has 9 atom stereocenters. The summed E-state index contributed by atoms with van der Waals surface area (Å²) in [4.78, 5) is 28.6. The second-order valence-corrected chi connectivity index (χ2v) is 15.5. The van der Waals surface area contributed by atoms with E-state index >= 15 is 0 Å². The summed E-state index contributed by atoms with van der Waals surface area (Å²) in [6, 6.07) is 3.55. The Morgan fingerprint density at radius 3 is 2.64 bits per heavy atom. The van der Waals surface area contributed by atoms with Crippen molar-refractivity contribution in [1.82, 2.24) is 4.98 Å². The lowest BCUT2D eigenvalue weighted by molar-refractivity contribution is -0.143. The molecule has 1 aromatic rings. The summed E-state index contributed by atoms with van der Waals surface area (Å²) in [6.07, 6.45) is 12.2. The molecule has 1 unspecified atom stereocenters. The number of carbonyl (C=O) groups excluding carboxylic acids is 2. The van der Waals surface area contributed by atoms with Crippen LogP contribution in [-0.2, 0) is 19.0 Å². The van der Waals surface area contributed by atoms with Crippen molar-refractivity contribution in [2.45, 2.75) is 105 Å². The van der Waals surface area contributed by atoms with Crippen molar-refractivity contribution in [1.29, 1.82) is 0 Å². The van der Waals surface area contributed by atoms with Gasteiger partial charge < -0.3 is 19.3 Å². The van der Waals surface area contributed by atoms with E-state index in [9.17, 15) is 14.7 Å². The topological polar surface area (TPSA) is 95.0 Å². The molecule has 1 aromatic heterocycles. The van der Waals surface area contributed by atoms with Crippen LogP contribution in [0.15, 0.2) is 24.5 Å². The Morgan fingerprint density at radius 1 is 1.14 bits per heavy atom. The number of fused-ring (bicyclic) bond motifs is 4. The van der Waals surface area contributed by atoms with Crippen LogP contribution in [-0.4, -0.2) is 40.8 Å². The Kier molecular flexibility index (Phi) is 6.34. The van der Waals surface area contributed by atoms with Crippen LogP contribution >= 0.6 is 0 Å². The second kappa shape index (κ2) is 9.26. The number of pyridine rings is 1. The third kappa shape index (κ3) is 3.56. The van der Waals surface area contributed by atoms with E-state index < -0.39 is 6.10 Å². The first-order chi connectivity index (χ1) is 19.8. The van der Waals surface area contributed by atoms with Gasteiger partial charge in [-0.15, -0.1) is 0 Å². The van der Waals surface area contributed by atoms with Crippen LogP contribution in [0.3, 0.4) is 0 Å². The average Bonchev–Trinajstić information content (AvgIpc) is 3.58. The Bertz CT molecular complexity index is 1270. The number of aromatic nitrogens is 1. The third-order valence-corrected chi connectivity index (χ3v) is 13.6. The van der Waals surface area contributed by atoms with Gasteiger partial charge in [0.2, 0.25) is 0 Å². The highest BCUT2D eigenvalue weighted by atomic mass is 16.6. The summed E-state index contributed by atoms with van der Waals surface area (Å²) in [7, 11) is 0. The fourth-order valence-corrected chi connectivity index (χ4v) is 11.7. The Morgan fingerprint density at radius 2 is 1.93 bits per heavy atom. The molecule has 42 heavy (non-hydrogen) atoms. The van der Waals surface area contributed by atoms with Crippen molar-refractivity contribution in [2.24, 2.45) is 44.8 Å². The fraction of sp³-hybridized carbons (Fsp3) is 0.714. The quantitative estimate of drug-likeness (QED) is 0.422. The molecule has 3 radical (unpaired) electrons. The van der Waals surface area contributed by atoms with Crippen LogP contribution < -0.4 is 0 Å². The molecule has 227 valence electrons. The summed E-state index contributed by atoms with van der Waals surface area (Å²) in [5, 5.41) is 12.2. The second-order valence-electron chi connectivity index (χ2n) is 15.5. The van der Waals surface area contributed by atoms with Crippen LogP contribution in [0.4, 0.5) is 0 Å². The maximum absolute atomic E-state index is 13.0. The molecule has 5 saturated carbocycles. The summed E-state index contributed by atoms with van der Waals surface area (Å²) in [6.45, 7) is 13.2. The first-order valence-electron chi connectivity index (χ1n) is 16.0. The van der Waals surface area contributed by atoms with E-state index in [4.69, 9.17) is 14.2 Å². The molecular formula is C35H46NO6. The van der Waals surface area contributed by atoms with Crippen LogP contribution in [0.2, 0.25) is 0 Å². The number of ether oxygens (including phenoxy) is 3. The minimum absolute atomic E-state index is 0.0860.